The average molecular weight is 354 g/mol. The molecule has 1 aliphatic heterocycles. The molecule has 0 unspecified atom stereocenters. The highest BCUT2D eigenvalue weighted by molar-refractivity contribution is 6.05. The fourth-order valence-corrected chi connectivity index (χ4v) is 3.96. The summed E-state index contributed by atoms with van der Waals surface area (Å²) >= 11 is 0. The SMILES string of the molecule is Cn1c2cccc(C(N)=O)c2c(=O)n1C1CCN(Cc2ccco2)CC1. The number of fused-ring (bicyclic) bond motifs is 1. The minimum Gasteiger partial charge on any atom is -0.468 e. The van der Waals surface area contributed by atoms with Crippen LogP contribution in [-0.4, -0.2) is 33.3 Å². The van der Waals surface area contributed by atoms with Gasteiger partial charge in [0.1, 0.15) is 5.76 Å². The number of rotatable bonds is 4. The summed E-state index contributed by atoms with van der Waals surface area (Å²) in [5.74, 6) is 0.384. The number of hydrogen-bond donors (Lipinski definition) is 1. The van der Waals surface area contributed by atoms with E-state index in [1.54, 1.807) is 23.1 Å². The molecule has 1 saturated heterocycles. The lowest BCUT2D eigenvalue weighted by Crippen LogP contribution is -2.38. The van der Waals surface area contributed by atoms with Gasteiger partial charge in [0.25, 0.3) is 5.56 Å². The number of carbonyl (C=O) groups is 1. The van der Waals surface area contributed by atoms with Crippen LogP contribution in [0.2, 0.25) is 0 Å². The van der Waals surface area contributed by atoms with Crippen molar-refractivity contribution in [3.8, 4) is 0 Å². The molecule has 2 N–H and O–H groups in total. The Bertz CT molecular complexity index is 992. The minimum absolute atomic E-state index is 0.105. The van der Waals surface area contributed by atoms with E-state index < -0.39 is 5.91 Å². The maximum Gasteiger partial charge on any atom is 0.275 e. The Kier molecular flexibility index (Phi) is 4.16. The molecule has 2 aromatic heterocycles. The van der Waals surface area contributed by atoms with Crippen LogP contribution >= 0.6 is 0 Å². The highest BCUT2D eigenvalue weighted by Gasteiger charge is 2.26. The van der Waals surface area contributed by atoms with Gasteiger partial charge in [-0.2, -0.15) is 0 Å². The van der Waals surface area contributed by atoms with Crippen LogP contribution in [0.15, 0.2) is 45.8 Å². The van der Waals surface area contributed by atoms with E-state index >= 15 is 0 Å². The Morgan fingerprint density at radius 2 is 2.00 bits per heavy atom. The Morgan fingerprint density at radius 1 is 1.23 bits per heavy atom. The van der Waals surface area contributed by atoms with Crippen LogP contribution in [0.3, 0.4) is 0 Å². The fourth-order valence-electron chi connectivity index (χ4n) is 3.96. The third-order valence-corrected chi connectivity index (χ3v) is 5.26. The van der Waals surface area contributed by atoms with Gasteiger partial charge in [-0.1, -0.05) is 6.07 Å². The predicted molar refractivity (Wildman–Crippen MR) is 98.0 cm³/mol. The van der Waals surface area contributed by atoms with Crippen molar-refractivity contribution in [1.29, 1.82) is 0 Å². The van der Waals surface area contributed by atoms with E-state index in [9.17, 15) is 9.59 Å². The first kappa shape index (κ1) is 16.7. The quantitative estimate of drug-likeness (QED) is 0.775. The minimum atomic E-state index is -0.571. The summed E-state index contributed by atoms with van der Waals surface area (Å²) < 4.78 is 9.05. The van der Waals surface area contributed by atoms with Gasteiger partial charge in [-0.15, -0.1) is 0 Å². The van der Waals surface area contributed by atoms with E-state index in [4.69, 9.17) is 10.2 Å². The van der Waals surface area contributed by atoms with Crippen molar-refractivity contribution in [1.82, 2.24) is 14.3 Å². The second kappa shape index (κ2) is 6.49. The number of nitrogens with zero attached hydrogens (tertiary/aromatic N) is 3. The fraction of sp³-hybridized carbons (Fsp3) is 0.368. The highest BCUT2D eigenvalue weighted by atomic mass is 16.3. The lowest BCUT2D eigenvalue weighted by molar-refractivity contribution is 0.100. The molecule has 1 amide bonds. The van der Waals surface area contributed by atoms with Crippen LogP contribution in [0.5, 0.6) is 0 Å². The molecule has 136 valence electrons. The zero-order valence-corrected chi connectivity index (χ0v) is 14.7. The predicted octanol–water partition coefficient (Wildman–Crippen LogP) is 1.87. The van der Waals surface area contributed by atoms with Gasteiger partial charge in [-0.25, -0.2) is 4.68 Å². The number of amides is 1. The lowest BCUT2D eigenvalue weighted by atomic mass is 10.0. The maximum atomic E-state index is 13.0. The summed E-state index contributed by atoms with van der Waals surface area (Å²) in [6.45, 7) is 2.57. The van der Waals surface area contributed by atoms with Crippen LogP contribution in [0.4, 0.5) is 0 Å². The van der Waals surface area contributed by atoms with Gasteiger partial charge in [0.2, 0.25) is 5.91 Å². The molecule has 1 fully saturated rings. The summed E-state index contributed by atoms with van der Waals surface area (Å²) in [7, 11) is 1.86. The number of aromatic nitrogens is 2. The summed E-state index contributed by atoms with van der Waals surface area (Å²) in [4.78, 5) is 27.1. The van der Waals surface area contributed by atoms with Gasteiger partial charge in [-0.3, -0.25) is 19.2 Å². The van der Waals surface area contributed by atoms with E-state index in [0.717, 1.165) is 43.8 Å². The molecule has 0 radical (unpaired) electrons. The normalized spacial score (nSPS) is 16.3. The van der Waals surface area contributed by atoms with E-state index in [-0.39, 0.29) is 17.2 Å². The number of furan rings is 1. The molecule has 1 aromatic carbocycles. The topological polar surface area (TPSA) is 86.4 Å². The number of hydrogen-bond acceptors (Lipinski definition) is 4. The Labute approximate surface area is 150 Å². The molecule has 4 rings (SSSR count). The van der Waals surface area contributed by atoms with Crippen molar-refractivity contribution in [3.05, 3.63) is 58.3 Å². The Balaban J connectivity index is 1.61. The molecule has 3 heterocycles. The largest absolute Gasteiger partial charge is 0.468 e. The van der Waals surface area contributed by atoms with Crippen molar-refractivity contribution in [2.24, 2.45) is 12.8 Å². The van der Waals surface area contributed by atoms with E-state index in [1.807, 2.05) is 29.9 Å². The van der Waals surface area contributed by atoms with Crippen LogP contribution in [-0.2, 0) is 13.6 Å². The molecule has 0 spiro atoms. The van der Waals surface area contributed by atoms with Gasteiger partial charge in [0.15, 0.2) is 0 Å². The van der Waals surface area contributed by atoms with Crippen LogP contribution < -0.4 is 11.3 Å². The molecule has 1 aliphatic rings. The third-order valence-electron chi connectivity index (χ3n) is 5.26. The number of primary amides is 1. The average Bonchev–Trinajstić information content (AvgIpc) is 3.23. The van der Waals surface area contributed by atoms with E-state index in [2.05, 4.69) is 4.90 Å². The lowest BCUT2D eigenvalue weighted by Gasteiger charge is -2.32. The van der Waals surface area contributed by atoms with Gasteiger partial charge >= 0.3 is 0 Å². The molecule has 0 saturated carbocycles. The second-order valence-corrected chi connectivity index (χ2v) is 6.82. The van der Waals surface area contributed by atoms with E-state index in [1.165, 1.54) is 0 Å². The molecule has 0 atom stereocenters. The number of aryl methyl sites for hydroxylation is 1. The van der Waals surface area contributed by atoms with Crippen molar-refractivity contribution >= 4 is 16.8 Å². The van der Waals surface area contributed by atoms with Gasteiger partial charge in [0.05, 0.1) is 35.3 Å². The standard InChI is InChI=1S/C19H22N4O3/c1-21-16-6-2-5-15(18(20)24)17(16)19(25)23(21)13-7-9-22(10-8-13)12-14-4-3-11-26-14/h2-6,11,13H,7-10,12H2,1H3,(H2,20,24). The number of nitrogens with two attached hydrogens (primary N) is 1. The molecule has 0 aliphatic carbocycles. The van der Waals surface area contributed by atoms with Crippen molar-refractivity contribution in [2.75, 3.05) is 13.1 Å². The van der Waals surface area contributed by atoms with Gasteiger partial charge in [-0.05, 0) is 37.1 Å². The zero-order valence-electron chi connectivity index (χ0n) is 14.7. The zero-order chi connectivity index (χ0) is 18.3. The van der Waals surface area contributed by atoms with Crippen LogP contribution in [0, 0.1) is 0 Å². The molecule has 3 aromatic rings. The van der Waals surface area contributed by atoms with Gasteiger partial charge < -0.3 is 10.2 Å². The first-order chi connectivity index (χ1) is 12.6. The molecule has 26 heavy (non-hydrogen) atoms. The summed E-state index contributed by atoms with van der Waals surface area (Å²) in [5.41, 5.74) is 6.35. The van der Waals surface area contributed by atoms with Crippen molar-refractivity contribution in [2.45, 2.75) is 25.4 Å². The summed E-state index contributed by atoms with van der Waals surface area (Å²) in [6.07, 6.45) is 3.43. The number of piperidine rings is 1. The van der Waals surface area contributed by atoms with Crippen LogP contribution in [0.1, 0.15) is 35.0 Å². The van der Waals surface area contributed by atoms with Crippen molar-refractivity contribution in [3.63, 3.8) is 0 Å². The number of likely N-dealkylation sites (tertiary alicyclic amines) is 1. The van der Waals surface area contributed by atoms with Crippen molar-refractivity contribution < 1.29 is 9.21 Å². The molecule has 0 bridgehead atoms. The maximum absolute atomic E-state index is 13.0. The molecular weight excluding hydrogens is 332 g/mol. The monoisotopic (exact) mass is 354 g/mol. The second-order valence-electron chi connectivity index (χ2n) is 6.82. The summed E-state index contributed by atoms with van der Waals surface area (Å²) in [5, 5.41) is 0.417. The van der Waals surface area contributed by atoms with Gasteiger partial charge in [0, 0.05) is 20.1 Å². The number of carbonyl (C=O) groups excluding carboxylic acids is 1. The third kappa shape index (κ3) is 2.74. The Morgan fingerprint density at radius 3 is 2.65 bits per heavy atom. The van der Waals surface area contributed by atoms with E-state index in [0.29, 0.717) is 5.39 Å². The first-order valence-electron chi connectivity index (χ1n) is 8.81. The Hall–Kier alpha value is -2.80. The molecular formula is C19H22N4O3. The number of benzene rings is 1. The smallest absolute Gasteiger partial charge is 0.275 e. The summed E-state index contributed by atoms with van der Waals surface area (Å²) in [6, 6.07) is 9.21. The highest BCUT2D eigenvalue weighted by Crippen LogP contribution is 2.25. The first-order valence-corrected chi connectivity index (χ1v) is 8.81. The molecule has 7 nitrogen and oxygen atoms in total. The van der Waals surface area contributed by atoms with Crippen LogP contribution in [0.25, 0.3) is 10.9 Å². The molecule has 7 heteroatoms.